The second-order valence-corrected chi connectivity index (χ2v) is 10.7. The van der Waals surface area contributed by atoms with Crippen LogP contribution in [0.3, 0.4) is 0 Å². The quantitative estimate of drug-likeness (QED) is 0.154. The number of carboxylic acid groups (broad SMARTS) is 2. The zero-order valence-electron chi connectivity index (χ0n) is 22.2. The molecule has 12 nitrogen and oxygen atoms in total. The van der Waals surface area contributed by atoms with Gasteiger partial charge < -0.3 is 36.9 Å². The lowest BCUT2D eigenvalue weighted by molar-refractivity contribution is -0.147. The Morgan fingerprint density at radius 1 is 0.949 bits per heavy atom. The first-order chi connectivity index (χ1) is 18.4. The van der Waals surface area contributed by atoms with Crippen LogP contribution in [0.15, 0.2) is 30.5 Å². The molecule has 1 aromatic heterocycles. The second-order valence-electron chi connectivity index (χ2n) is 9.70. The number of aromatic amines is 1. The van der Waals surface area contributed by atoms with Gasteiger partial charge >= 0.3 is 11.9 Å². The monoisotopic (exact) mass is 563 g/mol. The summed E-state index contributed by atoms with van der Waals surface area (Å²) in [6, 6.07) is 2.57. The van der Waals surface area contributed by atoms with Crippen molar-refractivity contribution in [3.05, 3.63) is 36.0 Å². The van der Waals surface area contributed by atoms with Crippen LogP contribution in [0.4, 0.5) is 0 Å². The topological polar surface area (TPSA) is 204 Å². The van der Waals surface area contributed by atoms with Crippen LogP contribution < -0.4 is 21.7 Å². The molecule has 0 aliphatic rings. The van der Waals surface area contributed by atoms with Gasteiger partial charge in [0.25, 0.3) is 0 Å². The van der Waals surface area contributed by atoms with Gasteiger partial charge in [-0.25, -0.2) is 4.79 Å². The average molecular weight is 564 g/mol. The van der Waals surface area contributed by atoms with E-state index in [2.05, 4.69) is 20.9 Å². The van der Waals surface area contributed by atoms with Crippen LogP contribution in [0.5, 0.6) is 0 Å². The summed E-state index contributed by atoms with van der Waals surface area (Å²) >= 11 is 1.47. The molecule has 0 radical (unpaired) electrons. The SMILES string of the molecule is CSCCC(NC(=O)C(N)CC(C)C)C(=O)NC(Cc1c[nH]c2ccccc12)C(=O)NC(CC(=O)O)C(=O)O. The predicted octanol–water partition coefficient (Wildman–Crippen LogP) is 0.851. The van der Waals surface area contributed by atoms with Crippen molar-refractivity contribution < 1.29 is 34.2 Å². The summed E-state index contributed by atoms with van der Waals surface area (Å²) < 4.78 is 0. The summed E-state index contributed by atoms with van der Waals surface area (Å²) in [4.78, 5) is 65.0. The molecule has 0 fully saturated rings. The van der Waals surface area contributed by atoms with Crippen molar-refractivity contribution in [3.8, 4) is 0 Å². The summed E-state index contributed by atoms with van der Waals surface area (Å²) in [5, 5.41) is 26.8. The number of fused-ring (bicyclic) bond motifs is 1. The zero-order chi connectivity index (χ0) is 29.1. The number of nitrogens with two attached hydrogens (primary N) is 1. The molecule has 0 spiro atoms. The molecular weight excluding hydrogens is 526 g/mol. The lowest BCUT2D eigenvalue weighted by Gasteiger charge is -2.25. The maximum absolute atomic E-state index is 13.4. The molecule has 8 N–H and O–H groups in total. The number of para-hydroxylation sites is 1. The molecule has 13 heteroatoms. The number of H-pyrrole nitrogens is 1. The zero-order valence-corrected chi connectivity index (χ0v) is 23.0. The van der Waals surface area contributed by atoms with E-state index in [4.69, 9.17) is 10.8 Å². The summed E-state index contributed by atoms with van der Waals surface area (Å²) in [6.45, 7) is 3.85. The number of hydrogen-bond donors (Lipinski definition) is 7. The van der Waals surface area contributed by atoms with E-state index < -0.39 is 60.2 Å². The number of rotatable bonds is 16. The first kappa shape index (κ1) is 31.6. The van der Waals surface area contributed by atoms with Gasteiger partial charge in [0.1, 0.15) is 18.1 Å². The maximum Gasteiger partial charge on any atom is 0.326 e. The summed E-state index contributed by atoms with van der Waals surface area (Å²) in [5.41, 5.74) is 7.47. The summed E-state index contributed by atoms with van der Waals surface area (Å²) in [5.74, 6) is -4.22. The lowest BCUT2D eigenvalue weighted by Crippen LogP contribution is -2.58. The minimum atomic E-state index is -1.70. The third-order valence-corrected chi connectivity index (χ3v) is 6.67. The number of benzene rings is 1. The van der Waals surface area contributed by atoms with Crippen LogP contribution in [-0.2, 0) is 30.4 Å². The Morgan fingerprint density at radius 2 is 1.56 bits per heavy atom. The van der Waals surface area contributed by atoms with E-state index in [1.54, 1.807) is 6.20 Å². The molecule has 1 aromatic carbocycles. The molecule has 0 saturated heterocycles. The molecule has 4 unspecified atom stereocenters. The molecule has 2 rings (SSSR count). The van der Waals surface area contributed by atoms with Crippen molar-refractivity contribution in [1.82, 2.24) is 20.9 Å². The molecule has 0 aliphatic heterocycles. The van der Waals surface area contributed by atoms with Gasteiger partial charge in [0, 0.05) is 23.5 Å². The van der Waals surface area contributed by atoms with E-state index in [0.717, 1.165) is 10.9 Å². The molecule has 0 bridgehead atoms. The van der Waals surface area contributed by atoms with Crippen molar-refractivity contribution in [3.63, 3.8) is 0 Å². The Bertz CT molecular complexity index is 1170. The maximum atomic E-state index is 13.4. The first-order valence-corrected chi connectivity index (χ1v) is 14.0. The van der Waals surface area contributed by atoms with Gasteiger partial charge in [0.2, 0.25) is 17.7 Å². The molecule has 39 heavy (non-hydrogen) atoms. The van der Waals surface area contributed by atoms with E-state index in [-0.39, 0.29) is 18.8 Å². The van der Waals surface area contributed by atoms with Crippen molar-refractivity contribution >= 4 is 52.3 Å². The highest BCUT2D eigenvalue weighted by molar-refractivity contribution is 7.98. The Balaban J connectivity index is 2.31. The number of hydrogen-bond acceptors (Lipinski definition) is 7. The van der Waals surface area contributed by atoms with Crippen LogP contribution in [0, 0.1) is 5.92 Å². The van der Waals surface area contributed by atoms with E-state index >= 15 is 0 Å². The predicted molar refractivity (Wildman–Crippen MR) is 148 cm³/mol. The third-order valence-electron chi connectivity index (χ3n) is 6.03. The number of carbonyl (C=O) groups excluding carboxylic acids is 3. The van der Waals surface area contributed by atoms with Gasteiger partial charge in [-0.15, -0.1) is 0 Å². The van der Waals surface area contributed by atoms with Crippen LogP contribution in [0.2, 0.25) is 0 Å². The molecule has 214 valence electrons. The molecule has 2 aromatic rings. The van der Waals surface area contributed by atoms with Crippen molar-refractivity contribution in [1.29, 1.82) is 0 Å². The van der Waals surface area contributed by atoms with Crippen LogP contribution >= 0.6 is 11.8 Å². The average Bonchev–Trinajstić information content (AvgIpc) is 3.27. The number of aliphatic carboxylic acids is 2. The van der Waals surface area contributed by atoms with E-state index in [9.17, 15) is 29.1 Å². The highest BCUT2D eigenvalue weighted by atomic mass is 32.2. The Labute approximate surface area is 230 Å². The fourth-order valence-corrected chi connectivity index (χ4v) is 4.52. The first-order valence-electron chi connectivity index (χ1n) is 12.6. The fourth-order valence-electron chi connectivity index (χ4n) is 4.05. The highest BCUT2D eigenvalue weighted by Gasteiger charge is 2.31. The lowest BCUT2D eigenvalue weighted by atomic mass is 10.0. The Hall–Kier alpha value is -3.58. The van der Waals surface area contributed by atoms with E-state index in [0.29, 0.717) is 17.7 Å². The fraction of sp³-hybridized carbons (Fsp3) is 0.500. The highest BCUT2D eigenvalue weighted by Crippen LogP contribution is 2.19. The number of carbonyl (C=O) groups is 5. The number of aromatic nitrogens is 1. The van der Waals surface area contributed by atoms with E-state index in [1.807, 2.05) is 44.4 Å². The van der Waals surface area contributed by atoms with Crippen molar-refractivity contribution in [2.45, 2.75) is 63.7 Å². The standard InChI is InChI=1S/C26H37N5O7S/c1-14(2)10-17(27)23(34)29-19(8-9-39-3)24(35)30-20(25(36)31-21(26(37)38)12-22(32)33)11-15-13-28-18-7-5-4-6-16(15)18/h4-7,13-14,17,19-21,28H,8-12,27H2,1-3H3,(H,29,34)(H,30,35)(H,31,36)(H,32,33)(H,37,38). The third kappa shape index (κ3) is 9.91. The van der Waals surface area contributed by atoms with Crippen molar-refractivity contribution in [2.75, 3.05) is 12.0 Å². The van der Waals surface area contributed by atoms with Gasteiger partial charge in [-0.1, -0.05) is 32.0 Å². The molecular formula is C26H37N5O7S. The van der Waals surface area contributed by atoms with Crippen molar-refractivity contribution in [2.24, 2.45) is 11.7 Å². The normalized spacial score (nSPS) is 14.3. The van der Waals surface area contributed by atoms with Gasteiger partial charge in [0.05, 0.1) is 12.5 Å². The molecule has 4 atom stereocenters. The number of nitrogens with one attached hydrogen (secondary N) is 4. The van der Waals surface area contributed by atoms with E-state index in [1.165, 1.54) is 11.8 Å². The molecule has 3 amide bonds. The number of amides is 3. The smallest absolute Gasteiger partial charge is 0.326 e. The molecule has 1 heterocycles. The second kappa shape index (κ2) is 15.1. The van der Waals surface area contributed by atoms with Gasteiger partial charge in [-0.05, 0) is 42.4 Å². The van der Waals surface area contributed by atoms with Gasteiger partial charge in [-0.2, -0.15) is 11.8 Å². The minimum Gasteiger partial charge on any atom is -0.481 e. The van der Waals surface area contributed by atoms with Crippen LogP contribution in [0.1, 0.15) is 38.7 Å². The van der Waals surface area contributed by atoms with Gasteiger partial charge in [-0.3, -0.25) is 19.2 Å². The minimum absolute atomic E-state index is 0.0168. The Morgan fingerprint density at radius 3 is 2.18 bits per heavy atom. The Kier molecular flexibility index (Phi) is 12.3. The molecule has 0 saturated carbocycles. The summed E-state index contributed by atoms with van der Waals surface area (Å²) in [7, 11) is 0. The number of carboxylic acids is 2. The molecule has 0 aliphatic carbocycles. The largest absolute Gasteiger partial charge is 0.481 e. The number of thioether (sulfide) groups is 1. The summed E-state index contributed by atoms with van der Waals surface area (Å²) in [6.07, 6.45) is 3.37. The van der Waals surface area contributed by atoms with Crippen LogP contribution in [0.25, 0.3) is 10.9 Å². The van der Waals surface area contributed by atoms with Gasteiger partial charge in [0.15, 0.2) is 0 Å². The van der Waals surface area contributed by atoms with Crippen LogP contribution in [-0.4, -0.2) is 81.0 Å².